The standard InChI is InChI=1S/C18H22FNO4/c1-24-17(23)18(8-9-18)16(22)20-10-6-13(7-11-20)15(21)12-2-4-14(19)5-3-12/h2-5,13,15,21H,6-11H2,1H3/t15-/m0/s1. The van der Waals surface area contributed by atoms with E-state index in [1.54, 1.807) is 17.0 Å². The van der Waals surface area contributed by atoms with Crippen LogP contribution in [0.2, 0.25) is 0 Å². The van der Waals surface area contributed by atoms with E-state index in [-0.39, 0.29) is 17.6 Å². The van der Waals surface area contributed by atoms with E-state index in [0.29, 0.717) is 44.3 Å². The zero-order valence-electron chi connectivity index (χ0n) is 13.7. The maximum absolute atomic E-state index is 13.0. The van der Waals surface area contributed by atoms with Gasteiger partial charge in [0.1, 0.15) is 11.2 Å². The second-order valence-corrected chi connectivity index (χ2v) is 6.70. The lowest BCUT2D eigenvalue weighted by molar-refractivity contribution is -0.156. The molecule has 1 heterocycles. The molecule has 1 aromatic carbocycles. The molecule has 0 radical (unpaired) electrons. The average molecular weight is 335 g/mol. The molecule has 1 saturated carbocycles. The third kappa shape index (κ3) is 3.02. The molecule has 3 rings (SSSR count). The van der Waals surface area contributed by atoms with Gasteiger partial charge in [0.25, 0.3) is 0 Å². The van der Waals surface area contributed by atoms with E-state index < -0.39 is 17.5 Å². The number of carbonyl (C=O) groups excluding carboxylic acids is 2. The highest BCUT2D eigenvalue weighted by molar-refractivity contribution is 6.05. The minimum absolute atomic E-state index is 0.0211. The Morgan fingerprint density at radius 1 is 1.25 bits per heavy atom. The number of rotatable bonds is 4. The van der Waals surface area contributed by atoms with Crippen LogP contribution in [0.25, 0.3) is 0 Å². The fourth-order valence-electron chi connectivity index (χ4n) is 3.48. The first-order chi connectivity index (χ1) is 11.5. The summed E-state index contributed by atoms with van der Waals surface area (Å²) in [5.41, 5.74) is -0.272. The van der Waals surface area contributed by atoms with Gasteiger partial charge < -0.3 is 14.7 Å². The van der Waals surface area contributed by atoms with Gasteiger partial charge in [-0.3, -0.25) is 9.59 Å². The van der Waals surface area contributed by atoms with Crippen molar-refractivity contribution in [2.24, 2.45) is 11.3 Å². The third-order valence-electron chi connectivity index (χ3n) is 5.22. The SMILES string of the molecule is COC(=O)C1(C(=O)N2CCC([C@@H](O)c3ccc(F)cc3)CC2)CC1. The second kappa shape index (κ2) is 6.51. The summed E-state index contributed by atoms with van der Waals surface area (Å²) in [6.07, 6.45) is 1.74. The molecule has 0 aromatic heterocycles. The van der Waals surface area contributed by atoms with E-state index >= 15 is 0 Å². The zero-order valence-corrected chi connectivity index (χ0v) is 13.7. The molecule has 1 saturated heterocycles. The molecule has 2 fully saturated rings. The summed E-state index contributed by atoms with van der Waals surface area (Å²) in [7, 11) is 1.31. The van der Waals surface area contributed by atoms with Crippen LogP contribution < -0.4 is 0 Å². The van der Waals surface area contributed by atoms with Crippen molar-refractivity contribution in [2.45, 2.75) is 31.8 Å². The van der Waals surface area contributed by atoms with Gasteiger partial charge in [-0.05, 0) is 49.3 Å². The number of ether oxygens (including phenoxy) is 1. The maximum Gasteiger partial charge on any atom is 0.321 e. The molecule has 0 spiro atoms. The normalized spacial score (nSPS) is 21.2. The summed E-state index contributed by atoms with van der Waals surface area (Å²) in [5.74, 6) is -0.901. The van der Waals surface area contributed by atoms with E-state index in [2.05, 4.69) is 0 Å². The second-order valence-electron chi connectivity index (χ2n) is 6.70. The fourth-order valence-corrected chi connectivity index (χ4v) is 3.48. The van der Waals surface area contributed by atoms with Crippen LogP contribution >= 0.6 is 0 Å². The molecule has 0 bridgehead atoms. The number of carbonyl (C=O) groups is 2. The summed E-state index contributed by atoms with van der Waals surface area (Å²) in [5, 5.41) is 10.5. The predicted molar refractivity (Wildman–Crippen MR) is 84.3 cm³/mol. The highest BCUT2D eigenvalue weighted by Gasteiger charge is 2.59. The van der Waals surface area contributed by atoms with Crippen molar-refractivity contribution >= 4 is 11.9 Å². The third-order valence-corrected chi connectivity index (χ3v) is 5.22. The lowest BCUT2D eigenvalue weighted by atomic mass is 9.87. The molecule has 1 aromatic rings. The van der Waals surface area contributed by atoms with Gasteiger partial charge in [0.2, 0.25) is 5.91 Å². The summed E-state index contributed by atoms with van der Waals surface area (Å²) in [4.78, 5) is 26.1. The monoisotopic (exact) mass is 335 g/mol. The minimum Gasteiger partial charge on any atom is -0.468 e. The van der Waals surface area contributed by atoms with Crippen molar-refractivity contribution in [1.82, 2.24) is 4.90 Å². The van der Waals surface area contributed by atoms with Gasteiger partial charge in [0.15, 0.2) is 0 Å². The minimum atomic E-state index is -0.961. The Bertz CT molecular complexity index is 618. The topological polar surface area (TPSA) is 66.8 Å². The summed E-state index contributed by atoms with van der Waals surface area (Å²) in [6.45, 7) is 1.03. The Kier molecular flexibility index (Phi) is 4.58. The molecule has 1 N–H and O–H groups in total. The molecular weight excluding hydrogens is 313 g/mol. The smallest absolute Gasteiger partial charge is 0.321 e. The van der Waals surface area contributed by atoms with Crippen LogP contribution in [0, 0.1) is 17.2 Å². The number of nitrogens with zero attached hydrogens (tertiary/aromatic N) is 1. The van der Waals surface area contributed by atoms with Crippen molar-refractivity contribution in [3.8, 4) is 0 Å². The van der Waals surface area contributed by atoms with Gasteiger partial charge in [-0.1, -0.05) is 12.1 Å². The lowest BCUT2D eigenvalue weighted by Gasteiger charge is -2.35. The van der Waals surface area contributed by atoms with Gasteiger partial charge >= 0.3 is 5.97 Å². The fraction of sp³-hybridized carbons (Fsp3) is 0.556. The largest absolute Gasteiger partial charge is 0.468 e. The molecule has 1 atom stereocenters. The Morgan fingerprint density at radius 3 is 2.33 bits per heavy atom. The number of hydrogen-bond donors (Lipinski definition) is 1. The number of methoxy groups -OCH3 is 1. The number of hydrogen-bond acceptors (Lipinski definition) is 4. The molecule has 0 unspecified atom stereocenters. The number of benzene rings is 1. The van der Waals surface area contributed by atoms with Crippen molar-refractivity contribution < 1.29 is 23.8 Å². The highest BCUT2D eigenvalue weighted by atomic mass is 19.1. The van der Waals surface area contributed by atoms with Crippen molar-refractivity contribution in [3.63, 3.8) is 0 Å². The van der Waals surface area contributed by atoms with Crippen molar-refractivity contribution in [3.05, 3.63) is 35.6 Å². The van der Waals surface area contributed by atoms with E-state index in [0.717, 1.165) is 0 Å². The first-order valence-corrected chi connectivity index (χ1v) is 8.29. The quantitative estimate of drug-likeness (QED) is 0.675. The van der Waals surface area contributed by atoms with Crippen LogP contribution in [0.3, 0.4) is 0 Å². The number of halogens is 1. The van der Waals surface area contributed by atoms with Gasteiger partial charge in [0.05, 0.1) is 13.2 Å². The Hall–Kier alpha value is -1.95. The molecular formula is C18H22FNO4. The highest BCUT2D eigenvalue weighted by Crippen LogP contribution is 2.49. The first-order valence-electron chi connectivity index (χ1n) is 8.29. The number of likely N-dealkylation sites (tertiary alicyclic amines) is 1. The number of aliphatic hydroxyl groups excluding tert-OH is 1. The molecule has 130 valence electrons. The molecule has 24 heavy (non-hydrogen) atoms. The van der Waals surface area contributed by atoms with Crippen LogP contribution in [-0.2, 0) is 14.3 Å². The summed E-state index contributed by atoms with van der Waals surface area (Å²) < 4.78 is 17.7. The maximum atomic E-state index is 13.0. The zero-order chi connectivity index (χ0) is 17.3. The molecule has 1 aliphatic heterocycles. The van der Waals surface area contributed by atoms with E-state index in [9.17, 15) is 19.1 Å². The molecule has 6 heteroatoms. The van der Waals surface area contributed by atoms with E-state index in [1.165, 1.54) is 19.2 Å². The van der Waals surface area contributed by atoms with Gasteiger partial charge in [-0.15, -0.1) is 0 Å². The van der Waals surface area contributed by atoms with E-state index in [1.807, 2.05) is 0 Å². The summed E-state index contributed by atoms with van der Waals surface area (Å²) >= 11 is 0. The Labute approximate surface area is 140 Å². The number of amides is 1. The van der Waals surface area contributed by atoms with E-state index in [4.69, 9.17) is 4.74 Å². The number of piperidine rings is 1. The molecule has 5 nitrogen and oxygen atoms in total. The van der Waals surface area contributed by atoms with Crippen LogP contribution in [0.15, 0.2) is 24.3 Å². The van der Waals surface area contributed by atoms with Gasteiger partial charge in [0, 0.05) is 13.1 Å². The van der Waals surface area contributed by atoms with Crippen molar-refractivity contribution in [2.75, 3.05) is 20.2 Å². The first kappa shape index (κ1) is 16.9. The average Bonchev–Trinajstić information content (AvgIpc) is 3.42. The number of aliphatic hydroxyl groups is 1. The summed E-state index contributed by atoms with van der Waals surface area (Å²) in [6, 6.07) is 5.86. The number of esters is 1. The van der Waals surface area contributed by atoms with Gasteiger partial charge in [-0.25, -0.2) is 4.39 Å². The van der Waals surface area contributed by atoms with Crippen LogP contribution in [0.1, 0.15) is 37.4 Å². The predicted octanol–water partition coefficient (Wildman–Crippen LogP) is 2.05. The van der Waals surface area contributed by atoms with Gasteiger partial charge in [-0.2, -0.15) is 0 Å². The Morgan fingerprint density at radius 2 is 1.83 bits per heavy atom. The Balaban J connectivity index is 1.59. The van der Waals surface area contributed by atoms with Crippen LogP contribution in [0.4, 0.5) is 4.39 Å². The van der Waals surface area contributed by atoms with Crippen molar-refractivity contribution in [1.29, 1.82) is 0 Å². The van der Waals surface area contributed by atoms with Crippen LogP contribution in [0.5, 0.6) is 0 Å². The molecule has 1 aliphatic carbocycles. The lowest BCUT2D eigenvalue weighted by Crippen LogP contribution is -2.46. The molecule has 1 amide bonds. The molecule has 2 aliphatic rings. The van der Waals surface area contributed by atoms with Crippen LogP contribution in [-0.4, -0.2) is 42.1 Å².